The van der Waals surface area contributed by atoms with E-state index in [0.29, 0.717) is 31.3 Å². The van der Waals surface area contributed by atoms with E-state index in [0.717, 1.165) is 27.0 Å². The van der Waals surface area contributed by atoms with Crippen LogP contribution in [-0.2, 0) is 15.9 Å². The van der Waals surface area contributed by atoms with Gasteiger partial charge in [0, 0.05) is 38.3 Å². The molecular formula is C21H26N6O4S. The Hall–Kier alpha value is -3.28. The highest BCUT2D eigenvalue weighted by atomic mass is 32.1. The van der Waals surface area contributed by atoms with Crippen molar-refractivity contribution in [2.75, 3.05) is 38.1 Å². The van der Waals surface area contributed by atoms with E-state index in [-0.39, 0.29) is 6.04 Å². The van der Waals surface area contributed by atoms with E-state index in [2.05, 4.69) is 25.6 Å². The van der Waals surface area contributed by atoms with Crippen molar-refractivity contribution < 1.29 is 19.0 Å². The molecule has 0 aliphatic carbocycles. The molecule has 1 unspecified atom stereocenters. The van der Waals surface area contributed by atoms with Crippen LogP contribution < -0.4 is 21.1 Å². The SMILES string of the molecule is COCCc1cc(Nc2nccc(-c3cnc(NC(C)COC)s3)n2)ccc1OC(N)=O. The van der Waals surface area contributed by atoms with Gasteiger partial charge in [0.05, 0.1) is 23.8 Å². The maximum Gasteiger partial charge on any atom is 0.409 e. The van der Waals surface area contributed by atoms with Crippen molar-refractivity contribution in [2.24, 2.45) is 5.73 Å². The molecule has 11 heteroatoms. The summed E-state index contributed by atoms with van der Waals surface area (Å²) in [5, 5.41) is 7.28. The van der Waals surface area contributed by atoms with Crippen LogP contribution >= 0.6 is 11.3 Å². The Morgan fingerprint density at radius 1 is 1.22 bits per heavy atom. The zero-order valence-electron chi connectivity index (χ0n) is 18.1. The molecule has 0 saturated heterocycles. The molecule has 1 aromatic carbocycles. The van der Waals surface area contributed by atoms with Crippen molar-refractivity contribution >= 4 is 34.2 Å². The number of hydrogen-bond acceptors (Lipinski definition) is 10. The van der Waals surface area contributed by atoms with Crippen LogP contribution in [-0.4, -0.2) is 54.5 Å². The fourth-order valence-corrected chi connectivity index (χ4v) is 3.82. The van der Waals surface area contributed by atoms with E-state index in [1.165, 1.54) is 11.3 Å². The summed E-state index contributed by atoms with van der Waals surface area (Å²) in [6, 6.07) is 7.25. The van der Waals surface area contributed by atoms with Crippen LogP contribution in [0, 0.1) is 0 Å². The van der Waals surface area contributed by atoms with Gasteiger partial charge >= 0.3 is 6.09 Å². The number of nitrogens with one attached hydrogen (secondary N) is 2. The third-order valence-corrected chi connectivity index (χ3v) is 5.25. The molecule has 0 aliphatic rings. The number of nitrogens with two attached hydrogens (primary N) is 1. The minimum atomic E-state index is -0.865. The Bertz CT molecular complexity index is 1040. The number of carbonyl (C=O) groups excluding carboxylic acids is 1. The molecule has 10 nitrogen and oxygen atoms in total. The molecule has 1 amide bonds. The van der Waals surface area contributed by atoms with Gasteiger partial charge in [0.15, 0.2) is 5.13 Å². The third-order valence-electron chi connectivity index (χ3n) is 4.30. The standard InChI is InChI=1S/C21H26N6O4S/c1-13(12-30-3)25-21-24-11-18(32-21)16-6-8-23-20(27-16)26-15-4-5-17(31-19(22)28)14(10-15)7-9-29-2/h4-6,8,10-11,13H,7,9,12H2,1-3H3,(H2,22,28)(H,24,25)(H,23,26,27). The van der Waals surface area contributed by atoms with E-state index in [1.807, 2.05) is 19.1 Å². The fourth-order valence-electron chi connectivity index (χ4n) is 2.92. The third kappa shape index (κ3) is 6.61. The van der Waals surface area contributed by atoms with Crippen molar-refractivity contribution in [3.63, 3.8) is 0 Å². The van der Waals surface area contributed by atoms with Crippen molar-refractivity contribution in [2.45, 2.75) is 19.4 Å². The molecule has 0 saturated carbocycles. The van der Waals surface area contributed by atoms with Gasteiger partial charge in [-0.1, -0.05) is 11.3 Å². The second-order valence-electron chi connectivity index (χ2n) is 6.91. The Balaban J connectivity index is 1.76. The number of hydrogen-bond donors (Lipinski definition) is 3. The summed E-state index contributed by atoms with van der Waals surface area (Å²) in [7, 11) is 3.27. The lowest BCUT2D eigenvalue weighted by Gasteiger charge is -2.12. The van der Waals surface area contributed by atoms with Crippen molar-refractivity contribution in [3.8, 4) is 16.3 Å². The number of nitrogens with zero attached hydrogens (tertiary/aromatic N) is 3. The molecule has 2 heterocycles. The van der Waals surface area contributed by atoms with E-state index in [4.69, 9.17) is 19.9 Å². The molecule has 0 spiro atoms. The van der Waals surface area contributed by atoms with E-state index < -0.39 is 6.09 Å². The predicted octanol–water partition coefficient (Wildman–Crippen LogP) is 3.44. The van der Waals surface area contributed by atoms with Gasteiger partial charge < -0.3 is 30.6 Å². The number of rotatable bonds is 11. The van der Waals surface area contributed by atoms with Gasteiger partial charge in [-0.3, -0.25) is 0 Å². The minimum Gasteiger partial charge on any atom is -0.410 e. The second kappa shape index (κ2) is 11.4. The molecule has 3 rings (SSSR count). The summed E-state index contributed by atoms with van der Waals surface area (Å²) < 4.78 is 15.4. The normalized spacial score (nSPS) is 11.7. The predicted molar refractivity (Wildman–Crippen MR) is 124 cm³/mol. The van der Waals surface area contributed by atoms with Gasteiger partial charge in [-0.25, -0.2) is 19.7 Å². The van der Waals surface area contributed by atoms with Crippen molar-refractivity contribution in [3.05, 3.63) is 42.2 Å². The second-order valence-corrected chi connectivity index (χ2v) is 7.94. The van der Waals surface area contributed by atoms with Crippen LogP contribution in [0.2, 0.25) is 0 Å². The van der Waals surface area contributed by atoms with Crippen molar-refractivity contribution in [1.29, 1.82) is 0 Å². The highest BCUT2D eigenvalue weighted by molar-refractivity contribution is 7.18. The average Bonchev–Trinajstić information content (AvgIpc) is 3.22. The van der Waals surface area contributed by atoms with Crippen LogP contribution in [0.15, 0.2) is 36.7 Å². The lowest BCUT2D eigenvalue weighted by molar-refractivity contribution is 0.190. The molecule has 0 aliphatic heterocycles. The lowest BCUT2D eigenvalue weighted by Crippen LogP contribution is -2.20. The van der Waals surface area contributed by atoms with Gasteiger partial charge in [0.1, 0.15) is 5.75 Å². The maximum atomic E-state index is 11.2. The summed E-state index contributed by atoms with van der Waals surface area (Å²) in [5.41, 5.74) is 7.42. The smallest absolute Gasteiger partial charge is 0.409 e. The van der Waals surface area contributed by atoms with E-state index >= 15 is 0 Å². The van der Waals surface area contributed by atoms with Crippen LogP contribution in [0.25, 0.3) is 10.6 Å². The largest absolute Gasteiger partial charge is 0.410 e. The van der Waals surface area contributed by atoms with Crippen LogP contribution in [0.3, 0.4) is 0 Å². The quantitative estimate of drug-likeness (QED) is 0.395. The van der Waals surface area contributed by atoms with Gasteiger partial charge in [-0.05, 0) is 43.2 Å². The molecule has 0 radical (unpaired) electrons. The average molecular weight is 459 g/mol. The number of aromatic nitrogens is 3. The van der Waals surface area contributed by atoms with E-state index in [1.54, 1.807) is 38.7 Å². The molecule has 2 aromatic heterocycles. The molecule has 170 valence electrons. The number of thiazole rings is 1. The summed E-state index contributed by atoms with van der Waals surface area (Å²) in [5.74, 6) is 0.821. The molecule has 1 atom stereocenters. The first-order valence-electron chi connectivity index (χ1n) is 9.89. The van der Waals surface area contributed by atoms with Crippen LogP contribution in [0.1, 0.15) is 12.5 Å². The fraction of sp³-hybridized carbons (Fsp3) is 0.333. The van der Waals surface area contributed by atoms with Gasteiger partial charge in [0.25, 0.3) is 0 Å². The lowest BCUT2D eigenvalue weighted by atomic mass is 10.1. The van der Waals surface area contributed by atoms with Gasteiger partial charge in [-0.15, -0.1) is 0 Å². The minimum absolute atomic E-state index is 0.149. The Labute approximate surface area is 190 Å². The topological polar surface area (TPSA) is 134 Å². The summed E-state index contributed by atoms with van der Waals surface area (Å²) >= 11 is 1.50. The number of methoxy groups -OCH3 is 2. The molecule has 0 bridgehead atoms. The van der Waals surface area contributed by atoms with Gasteiger partial charge in [0.2, 0.25) is 5.95 Å². The molecule has 0 fully saturated rings. The number of amides is 1. The number of anilines is 3. The van der Waals surface area contributed by atoms with E-state index in [9.17, 15) is 4.79 Å². The summed E-state index contributed by atoms with van der Waals surface area (Å²) in [4.78, 5) is 25.4. The number of benzene rings is 1. The number of ether oxygens (including phenoxy) is 3. The molecule has 4 N–H and O–H groups in total. The molecular weight excluding hydrogens is 432 g/mol. The Kier molecular flexibility index (Phi) is 8.31. The van der Waals surface area contributed by atoms with Gasteiger partial charge in [-0.2, -0.15) is 0 Å². The molecule has 3 aromatic rings. The zero-order chi connectivity index (χ0) is 22.9. The highest BCUT2D eigenvalue weighted by Crippen LogP contribution is 2.29. The Morgan fingerprint density at radius 3 is 2.81 bits per heavy atom. The first-order valence-corrected chi connectivity index (χ1v) is 10.7. The highest BCUT2D eigenvalue weighted by Gasteiger charge is 2.12. The number of primary amides is 1. The first-order chi connectivity index (χ1) is 15.5. The van der Waals surface area contributed by atoms with Crippen LogP contribution in [0.4, 0.5) is 21.6 Å². The number of carbonyl (C=O) groups is 1. The maximum absolute atomic E-state index is 11.2. The van der Waals surface area contributed by atoms with Crippen molar-refractivity contribution in [1.82, 2.24) is 15.0 Å². The zero-order valence-corrected chi connectivity index (χ0v) is 18.9. The summed E-state index contributed by atoms with van der Waals surface area (Å²) in [6.07, 6.45) is 3.14. The molecule has 32 heavy (non-hydrogen) atoms. The monoisotopic (exact) mass is 458 g/mol. The van der Waals surface area contributed by atoms with Crippen LogP contribution in [0.5, 0.6) is 5.75 Å². The Morgan fingerprint density at radius 2 is 2.06 bits per heavy atom. The summed E-state index contributed by atoms with van der Waals surface area (Å²) in [6.45, 7) is 3.08. The first kappa shape index (κ1) is 23.4.